The largest absolute Gasteiger partial charge is 0.340 e. The molecule has 3 heteroatoms. The molecular formula is C25H24ClN2+. The third kappa shape index (κ3) is 3.33. The van der Waals surface area contributed by atoms with Crippen LogP contribution in [0, 0.1) is 0 Å². The third-order valence-electron chi connectivity index (χ3n) is 5.82. The number of rotatable bonds is 4. The molecule has 1 aliphatic rings. The Bertz CT molecular complexity index is 1130. The van der Waals surface area contributed by atoms with Crippen LogP contribution < -0.4 is 4.57 Å². The van der Waals surface area contributed by atoms with Gasteiger partial charge in [0.05, 0.1) is 6.54 Å². The molecule has 140 valence electrons. The summed E-state index contributed by atoms with van der Waals surface area (Å²) >= 11 is 6.02. The summed E-state index contributed by atoms with van der Waals surface area (Å²) in [5.41, 5.74) is 7.09. The van der Waals surface area contributed by atoms with Gasteiger partial charge in [0.2, 0.25) is 0 Å². The molecule has 0 unspecified atom stereocenters. The van der Waals surface area contributed by atoms with Gasteiger partial charge < -0.3 is 4.57 Å². The molecule has 0 bridgehead atoms. The van der Waals surface area contributed by atoms with E-state index in [4.69, 9.17) is 11.6 Å². The number of nitrogens with zero attached hydrogens (tertiary/aromatic N) is 2. The lowest BCUT2D eigenvalue weighted by Gasteiger charge is -2.16. The highest BCUT2D eigenvalue weighted by atomic mass is 35.5. The summed E-state index contributed by atoms with van der Waals surface area (Å²) in [5, 5.41) is 2.23. The molecule has 0 amide bonds. The Morgan fingerprint density at radius 3 is 2.57 bits per heavy atom. The molecule has 28 heavy (non-hydrogen) atoms. The van der Waals surface area contributed by atoms with Gasteiger partial charge in [-0.2, -0.15) is 0 Å². The Morgan fingerprint density at radius 1 is 0.857 bits per heavy atom. The lowest BCUT2D eigenvalue weighted by Crippen LogP contribution is -2.34. The van der Waals surface area contributed by atoms with Gasteiger partial charge in [0.15, 0.2) is 18.9 Å². The number of aromatic nitrogens is 2. The van der Waals surface area contributed by atoms with Crippen LogP contribution in [0.3, 0.4) is 0 Å². The van der Waals surface area contributed by atoms with Crippen LogP contribution in [0.5, 0.6) is 0 Å². The quantitative estimate of drug-likeness (QED) is 0.405. The first kappa shape index (κ1) is 17.5. The van der Waals surface area contributed by atoms with Crippen LogP contribution in [-0.4, -0.2) is 4.57 Å². The average Bonchev–Trinajstić information content (AvgIpc) is 3.04. The SMILES string of the molecule is Clc1ccc(C[n+]2cccc(Cn3c4c(c5ccccc53)CCCC4)c2)cc1. The van der Waals surface area contributed by atoms with Crippen molar-refractivity contribution in [1.82, 2.24) is 4.57 Å². The van der Waals surface area contributed by atoms with Crippen LogP contribution in [-0.2, 0) is 25.9 Å². The monoisotopic (exact) mass is 387 g/mol. The number of benzene rings is 2. The number of pyridine rings is 1. The maximum Gasteiger partial charge on any atom is 0.174 e. The maximum atomic E-state index is 6.02. The first-order valence-electron chi connectivity index (χ1n) is 10.1. The zero-order chi connectivity index (χ0) is 18.9. The number of halogens is 1. The van der Waals surface area contributed by atoms with Gasteiger partial charge in [0, 0.05) is 38.8 Å². The molecule has 2 aromatic heterocycles. The van der Waals surface area contributed by atoms with Gasteiger partial charge in [-0.25, -0.2) is 4.57 Å². The van der Waals surface area contributed by atoms with Crippen molar-refractivity contribution < 1.29 is 4.57 Å². The predicted molar refractivity (Wildman–Crippen MR) is 115 cm³/mol. The molecule has 0 atom stereocenters. The Kier molecular flexibility index (Phi) is 4.66. The lowest BCUT2D eigenvalue weighted by molar-refractivity contribution is -0.688. The standard InChI is InChI=1S/C25H24ClN2/c26-21-13-11-19(12-14-21)16-27-15-5-6-20(17-27)18-28-24-9-3-1-7-22(24)23-8-2-4-10-25(23)28/h1,3,5-7,9,11-15,17H,2,4,8,10,16,18H2/q+1. The summed E-state index contributed by atoms with van der Waals surface area (Å²) < 4.78 is 4.81. The summed E-state index contributed by atoms with van der Waals surface area (Å²) in [5.74, 6) is 0. The highest BCUT2D eigenvalue weighted by molar-refractivity contribution is 6.30. The summed E-state index contributed by atoms with van der Waals surface area (Å²) in [6, 6.07) is 21.4. The molecule has 0 radical (unpaired) electrons. The van der Waals surface area contributed by atoms with E-state index in [-0.39, 0.29) is 0 Å². The minimum atomic E-state index is 0.784. The van der Waals surface area contributed by atoms with E-state index in [2.05, 4.69) is 70.1 Å². The van der Waals surface area contributed by atoms with E-state index >= 15 is 0 Å². The van der Waals surface area contributed by atoms with E-state index in [1.807, 2.05) is 12.1 Å². The van der Waals surface area contributed by atoms with Crippen LogP contribution in [0.25, 0.3) is 10.9 Å². The first-order valence-corrected chi connectivity index (χ1v) is 10.5. The minimum Gasteiger partial charge on any atom is -0.340 e. The molecule has 0 aliphatic heterocycles. The van der Waals surface area contributed by atoms with Crippen molar-refractivity contribution in [3.63, 3.8) is 0 Å². The van der Waals surface area contributed by atoms with Crippen molar-refractivity contribution in [2.24, 2.45) is 0 Å². The molecule has 2 heterocycles. The third-order valence-corrected chi connectivity index (χ3v) is 6.08. The second-order valence-corrected chi connectivity index (χ2v) is 8.18. The van der Waals surface area contributed by atoms with Crippen molar-refractivity contribution in [3.05, 3.63) is 100 Å². The topological polar surface area (TPSA) is 8.81 Å². The normalized spacial score (nSPS) is 13.6. The molecule has 0 fully saturated rings. The fourth-order valence-corrected chi connectivity index (χ4v) is 4.64. The molecule has 5 rings (SSSR count). The van der Waals surface area contributed by atoms with Gasteiger partial charge in [-0.15, -0.1) is 0 Å². The van der Waals surface area contributed by atoms with Gasteiger partial charge in [-0.1, -0.05) is 41.9 Å². The van der Waals surface area contributed by atoms with Crippen molar-refractivity contribution in [2.45, 2.75) is 38.8 Å². The van der Waals surface area contributed by atoms with Crippen molar-refractivity contribution in [3.8, 4) is 0 Å². The number of para-hydroxylation sites is 1. The Balaban J connectivity index is 1.48. The van der Waals surface area contributed by atoms with Gasteiger partial charge >= 0.3 is 0 Å². The van der Waals surface area contributed by atoms with Crippen LogP contribution in [0.15, 0.2) is 73.1 Å². The first-order chi connectivity index (χ1) is 13.8. The van der Waals surface area contributed by atoms with Gasteiger partial charge in [-0.05, 0) is 55.5 Å². The average molecular weight is 388 g/mol. The van der Waals surface area contributed by atoms with E-state index in [0.717, 1.165) is 18.1 Å². The van der Waals surface area contributed by atoms with E-state index in [1.54, 1.807) is 11.3 Å². The van der Waals surface area contributed by atoms with Gasteiger partial charge in [0.1, 0.15) is 0 Å². The Hall–Kier alpha value is -2.58. The second-order valence-electron chi connectivity index (χ2n) is 7.75. The number of aryl methyl sites for hydroxylation is 1. The number of hydrogen-bond donors (Lipinski definition) is 0. The molecule has 1 aliphatic carbocycles. The smallest absolute Gasteiger partial charge is 0.174 e. The van der Waals surface area contributed by atoms with E-state index in [1.165, 1.54) is 47.7 Å². The van der Waals surface area contributed by atoms with E-state index in [0.29, 0.717) is 0 Å². The maximum absolute atomic E-state index is 6.02. The fourth-order valence-electron chi connectivity index (χ4n) is 4.52. The zero-order valence-electron chi connectivity index (χ0n) is 15.9. The van der Waals surface area contributed by atoms with Crippen LogP contribution in [0.1, 0.15) is 35.2 Å². The molecule has 0 saturated carbocycles. The summed E-state index contributed by atoms with van der Waals surface area (Å²) in [6.45, 7) is 1.78. The van der Waals surface area contributed by atoms with Crippen LogP contribution >= 0.6 is 11.6 Å². The van der Waals surface area contributed by atoms with Crippen molar-refractivity contribution >= 4 is 22.5 Å². The molecule has 2 aromatic carbocycles. The predicted octanol–water partition coefficient (Wildman–Crippen LogP) is 5.56. The summed E-state index contributed by atoms with van der Waals surface area (Å²) in [4.78, 5) is 0. The highest BCUT2D eigenvalue weighted by Gasteiger charge is 2.20. The number of hydrogen-bond acceptors (Lipinski definition) is 0. The van der Waals surface area contributed by atoms with Gasteiger partial charge in [0.25, 0.3) is 0 Å². The van der Waals surface area contributed by atoms with Crippen LogP contribution in [0.4, 0.5) is 0 Å². The molecule has 4 aromatic rings. The van der Waals surface area contributed by atoms with Gasteiger partial charge in [-0.3, -0.25) is 0 Å². The van der Waals surface area contributed by atoms with Crippen molar-refractivity contribution in [2.75, 3.05) is 0 Å². The second kappa shape index (κ2) is 7.44. The fraction of sp³-hybridized carbons (Fsp3) is 0.240. The summed E-state index contributed by atoms with van der Waals surface area (Å²) in [7, 11) is 0. The molecule has 0 spiro atoms. The van der Waals surface area contributed by atoms with E-state index < -0.39 is 0 Å². The minimum absolute atomic E-state index is 0.784. The molecular weight excluding hydrogens is 364 g/mol. The highest BCUT2D eigenvalue weighted by Crippen LogP contribution is 2.32. The van der Waals surface area contributed by atoms with Crippen molar-refractivity contribution in [1.29, 1.82) is 0 Å². The molecule has 0 saturated heterocycles. The summed E-state index contributed by atoms with van der Waals surface area (Å²) in [6.07, 6.45) is 9.44. The van der Waals surface area contributed by atoms with E-state index in [9.17, 15) is 0 Å². The van der Waals surface area contributed by atoms with Crippen LogP contribution in [0.2, 0.25) is 5.02 Å². The Labute approximate surface area is 171 Å². The lowest BCUT2D eigenvalue weighted by atomic mass is 9.95. The Morgan fingerprint density at radius 2 is 1.68 bits per heavy atom. The zero-order valence-corrected chi connectivity index (χ0v) is 16.7. The molecule has 2 nitrogen and oxygen atoms in total. The number of fused-ring (bicyclic) bond motifs is 3. The molecule has 0 N–H and O–H groups in total.